The van der Waals surface area contributed by atoms with E-state index in [1.165, 1.54) is 32.1 Å². The Bertz CT molecular complexity index is 380. The van der Waals surface area contributed by atoms with Crippen LogP contribution in [0.4, 0.5) is 4.79 Å². The van der Waals surface area contributed by atoms with Crippen molar-refractivity contribution in [2.45, 2.75) is 77.3 Å². The fourth-order valence-electron chi connectivity index (χ4n) is 3.76. The Morgan fingerprint density at radius 3 is 2.59 bits per heavy atom. The molecule has 5 nitrogen and oxygen atoms in total. The van der Waals surface area contributed by atoms with Crippen LogP contribution in [0.5, 0.6) is 0 Å². The number of hydrogen-bond donors (Lipinski definition) is 2. The minimum Gasteiger partial charge on any atom is -0.341 e. The van der Waals surface area contributed by atoms with Gasteiger partial charge in [0.15, 0.2) is 0 Å². The third-order valence-electron chi connectivity index (χ3n) is 4.97. The molecule has 1 saturated carbocycles. The summed E-state index contributed by atoms with van der Waals surface area (Å²) >= 11 is 0. The van der Waals surface area contributed by atoms with Crippen LogP contribution < -0.4 is 10.6 Å². The number of urea groups is 1. The molecule has 1 aliphatic carbocycles. The first-order valence-electron chi connectivity index (χ1n) is 8.93. The highest BCUT2D eigenvalue weighted by atomic mass is 16.2. The molecule has 0 aromatic rings. The summed E-state index contributed by atoms with van der Waals surface area (Å²) < 4.78 is 0. The second kappa shape index (κ2) is 8.39. The lowest BCUT2D eigenvalue weighted by Gasteiger charge is -2.25. The maximum Gasteiger partial charge on any atom is 0.315 e. The molecule has 2 atom stereocenters. The van der Waals surface area contributed by atoms with Crippen LogP contribution in [-0.2, 0) is 4.79 Å². The van der Waals surface area contributed by atoms with Crippen molar-refractivity contribution in [2.75, 3.05) is 13.1 Å². The highest BCUT2D eigenvalue weighted by Crippen LogP contribution is 2.27. The van der Waals surface area contributed by atoms with Crippen molar-refractivity contribution >= 4 is 11.9 Å². The smallest absolute Gasteiger partial charge is 0.315 e. The topological polar surface area (TPSA) is 61.4 Å². The van der Waals surface area contributed by atoms with Gasteiger partial charge in [0.25, 0.3) is 0 Å². The van der Waals surface area contributed by atoms with E-state index in [0.717, 1.165) is 25.3 Å². The van der Waals surface area contributed by atoms with Gasteiger partial charge in [-0.2, -0.15) is 0 Å². The molecule has 2 fully saturated rings. The van der Waals surface area contributed by atoms with Gasteiger partial charge in [-0.1, -0.05) is 39.0 Å². The van der Waals surface area contributed by atoms with Crippen LogP contribution >= 0.6 is 0 Å². The predicted octanol–water partition coefficient (Wildman–Crippen LogP) is 2.66. The molecule has 0 aromatic carbocycles. The SMILES string of the molecule is CCC(=O)N1CC[C@H](NC(=O)N[C@H](C)CC2CCCCC2)C1. The summed E-state index contributed by atoms with van der Waals surface area (Å²) in [5.74, 6) is 0.948. The molecule has 3 amide bonds. The third-order valence-corrected chi connectivity index (χ3v) is 4.97. The number of carbonyl (C=O) groups is 2. The molecule has 126 valence electrons. The molecular weight excluding hydrogens is 278 g/mol. The van der Waals surface area contributed by atoms with Crippen molar-refractivity contribution in [3.63, 3.8) is 0 Å². The van der Waals surface area contributed by atoms with E-state index in [2.05, 4.69) is 17.6 Å². The third kappa shape index (κ3) is 5.18. The molecule has 0 bridgehead atoms. The maximum atomic E-state index is 12.1. The van der Waals surface area contributed by atoms with E-state index in [1.54, 1.807) is 0 Å². The van der Waals surface area contributed by atoms with Gasteiger partial charge in [0.05, 0.1) is 0 Å². The molecule has 0 aromatic heterocycles. The zero-order chi connectivity index (χ0) is 15.9. The second-order valence-corrected chi connectivity index (χ2v) is 6.94. The Labute approximate surface area is 134 Å². The fourth-order valence-corrected chi connectivity index (χ4v) is 3.76. The minimum absolute atomic E-state index is 0.0842. The molecule has 2 N–H and O–H groups in total. The Balaban J connectivity index is 1.66. The monoisotopic (exact) mass is 309 g/mol. The summed E-state index contributed by atoms with van der Waals surface area (Å²) in [6, 6.07) is 0.231. The normalized spacial score (nSPS) is 24.1. The first kappa shape index (κ1) is 17.1. The van der Waals surface area contributed by atoms with Gasteiger partial charge < -0.3 is 15.5 Å². The van der Waals surface area contributed by atoms with E-state index in [9.17, 15) is 9.59 Å². The molecule has 1 saturated heterocycles. The number of likely N-dealkylation sites (tertiary alicyclic amines) is 1. The fraction of sp³-hybridized carbons (Fsp3) is 0.882. The van der Waals surface area contributed by atoms with Crippen molar-refractivity contribution in [2.24, 2.45) is 5.92 Å². The minimum atomic E-state index is -0.0842. The van der Waals surface area contributed by atoms with Gasteiger partial charge in [0.1, 0.15) is 0 Å². The quantitative estimate of drug-likeness (QED) is 0.820. The molecule has 1 aliphatic heterocycles. The van der Waals surface area contributed by atoms with Gasteiger partial charge in [-0.25, -0.2) is 4.79 Å². The predicted molar refractivity (Wildman–Crippen MR) is 87.6 cm³/mol. The van der Waals surface area contributed by atoms with Crippen molar-refractivity contribution in [3.8, 4) is 0 Å². The van der Waals surface area contributed by atoms with Crippen LogP contribution in [0.1, 0.15) is 65.2 Å². The van der Waals surface area contributed by atoms with Crippen LogP contribution in [0.2, 0.25) is 0 Å². The van der Waals surface area contributed by atoms with Crippen LogP contribution in [0, 0.1) is 5.92 Å². The lowest BCUT2D eigenvalue weighted by Crippen LogP contribution is -2.47. The number of nitrogens with zero attached hydrogens (tertiary/aromatic N) is 1. The Kier molecular flexibility index (Phi) is 6.52. The van der Waals surface area contributed by atoms with E-state index in [0.29, 0.717) is 13.0 Å². The van der Waals surface area contributed by atoms with Crippen molar-refractivity contribution in [1.82, 2.24) is 15.5 Å². The summed E-state index contributed by atoms with van der Waals surface area (Å²) in [6.07, 6.45) is 9.15. The molecule has 0 unspecified atom stereocenters. The number of carbonyl (C=O) groups excluding carboxylic acids is 2. The Morgan fingerprint density at radius 2 is 1.91 bits per heavy atom. The van der Waals surface area contributed by atoms with E-state index >= 15 is 0 Å². The lowest BCUT2D eigenvalue weighted by atomic mass is 9.85. The van der Waals surface area contributed by atoms with Crippen LogP contribution in [-0.4, -0.2) is 42.0 Å². The number of amides is 3. The largest absolute Gasteiger partial charge is 0.341 e. The molecular formula is C17H31N3O2. The average Bonchev–Trinajstić information content (AvgIpc) is 2.95. The number of rotatable bonds is 5. The van der Waals surface area contributed by atoms with E-state index < -0.39 is 0 Å². The highest BCUT2D eigenvalue weighted by Gasteiger charge is 2.26. The van der Waals surface area contributed by atoms with E-state index in [-0.39, 0.29) is 24.0 Å². The summed E-state index contributed by atoms with van der Waals surface area (Å²) in [6.45, 7) is 5.38. The second-order valence-electron chi connectivity index (χ2n) is 6.94. The van der Waals surface area contributed by atoms with Gasteiger partial charge in [0.2, 0.25) is 5.91 Å². The lowest BCUT2D eigenvalue weighted by molar-refractivity contribution is -0.129. The highest BCUT2D eigenvalue weighted by molar-refractivity contribution is 5.77. The van der Waals surface area contributed by atoms with E-state index in [4.69, 9.17) is 0 Å². The van der Waals surface area contributed by atoms with Gasteiger partial charge in [-0.05, 0) is 25.7 Å². The Hall–Kier alpha value is -1.26. The summed E-state index contributed by atoms with van der Waals surface area (Å²) in [5, 5.41) is 6.07. The van der Waals surface area contributed by atoms with E-state index in [1.807, 2.05) is 11.8 Å². The van der Waals surface area contributed by atoms with Crippen LogP contribution in [0.3, 0.4) is 0 Å². The first-order valence-corrected chi connectivity index (χ1v) is 8.93. The van der Waals surface area contributed by atoms with Gasteiger partial charge >= 0.3 is 6.03 Å². The molecule has 2 aliphatic rings. The molecule has 5 heteroatoms. The van der Waals surface area contributed by atoms with Crippen molar-refractivity contribution < 1.29 is 9.59 Å². The summed E-state index contributed by atoms with van der Waals surface area (Å²) in [5.41, 5.74) is 0. The number of nitrogens with one attached hydrogen (secondary N) is 2. The zero-order valence-corrected chi connectivity index (χ0v) is 14.1. The van der Waals surface area contributed by atoms with Gasteiger partial charge in [-0.15, -0.1) is 0 Å². The standard InChI is InChI=1S/C17H31N3O2/c1-3-16(21)20-10-9-15(12-20)19-17(22)18-13(2)11-14-7-5-4-6-8-14/h13-15H,3-12H2,1-2H3,(H2,18,19,22)/t13-,15+/m1/s1. The molecule has 0 spiro atoms. The van der Waals surface area contributed by atoms with Gasteiger partial charge in [0, 0.05) is 31.6 Å². The molecule has 22 heavy (non-hydrogen) atoms. The van der Waals surface area contributed by atoms with Crippen LogP contribution in [0.25, 0.3) is 0 Å². The molecule has 0 radical (unpaired) electrons. The van der Waals surface area contributed by atoms with Crippen molar-refractivity contribution in [3.05, 3.63) is 0 Å². The van der Waals surface area contributed by atoms with Gasteiger partial charge in [-0.3, -0.25) is 4.79 Å². The Morgan fingerprint density at radius 1 is 1.18 bits per heavy atom. The van der Waals surface area contributed by atoms with Crippen LogP contribution in [0.15, 0.2) is 0 Å². The molecule has 2 rings (SSSR count). The number of hydrogen-bond acceptors (Lipinski definition) is 2. The average molecular weight is 309 g/mol. The first-order chi connectivity index (χ1) is 10.6. The zero-order valence-electron chi connectivity index (χ0n) is 14.1. The summed E-state index contributed by atoms with van der Waals surface area (Å²) in [4.78, 5) is 25.6. The van der Waals surface area contributed by atoms with Crippen molar-refractivity contribution in [1.29, 1.82) is 0 Å². The maximum absolute atomic E-state index is 12.1. The molecule has 1 heterocycles. The summed E-state index contributed by atoms with van der Waals surface area (Å²) in [7, 11) is 0.